The van der Waals surface area contributed by atoms with Crippen molar-refractivity contribution in [3.05, 3.63) is 52.3 Å². The maximum Gasteiger partial charge on any atom is 0.146 e. The summed E-state index contributed by atoms with van der Waals surface area (Å²) in [5.41, 5.74) is 2.73. The molecule has 0 fully saturated rings. The van der Waals surface area contributed by atoms with Gasteiger partial charge < -0.3 is 9.88 Å². The summed E-state index contributed by atoms with van der Waals surface area (Å²) in [5.74, 6) is -0.936. The van der Waals surface area contributed by atoms with E-state index < -0.39 is 11.6 Å². The molecule has 2 rings (SSSR count). The molecule has 2 aromatic rings. The van der Waals surface area contributed by atoms with Crippen molar-refractivity contribution >= 4 is 5.69 Å². The number of halogens is 2. The summed E-state index contributed by atoms with van der Waals surface area (Å²) in [6, 6.07) is 6.13. The minimum Gasteiger partial charge on any atom is -0.378 e. The van der Waals surface area contributed by atoms with Crippen LogP contribution in [0.5, 0.6) is 0 Å². The first-order valence-corrected chi connectivity index (χ1v) is 6.19. The second-order valence-electron chi connectivity index (χ2n) is 4.75. The molecule has 0 atom stereocenters. The van der Waals surface area contributed by atoms with E-state index in [-0.39, 0.29) is 11.3 Å². The Morgan fingerprint density at radius 2 is 1.90 bits per heavy atom. The van der Waals surface area contributed by atoms with Crippen LogP contribution >= 0.6 is 0 Å². The minimum atomic E-state index is -0.488. The fraction of sp³-hybridized carbons (Fsp3) is 0.267. The van der Waals surface area contributed by atoms with Crippen molar-refractivity contribution in [1.29, 1.82) is 5.26 Å². The molecule has 5 heteroatoms. The lowest BCUT2D eigenvalue weighted by atomic mass is 10.2. The molecule has 0 unspecified atom stereocenters. The number of hydrogen-bond donors (Lipinski definition) is 1. The topological polar surface area (TPSA) is 40.8 Å². The zero-order chi connectivity index (χ0) is 14.9. The van der Waals surface area contributed by atoms with Gasteiger partial charge in [0.2, 0.25) is 0 Å². The van der Waals surface area contributed by atoms with Crippen molar-refractivity contribution in [1.82, 2.24) is 4.57 Å². The summed E-state index contributed by atoms with van der Waals surface area (Å²) in [4.78, 5) is 0. The lowest BCUT2D eigenvalue weighted by molar-refractivity contribution is 0.594. The number of nitrogens with zero attached hydrogens (tertiary/aromatic N) is 2. The normalized spacial score (nSPS) is 10.4. The molecule has 0 bridgehead atoms. The van der Waals surface area contributed by atoms with Crippen LogP contribution in [-0.4, -0.2) is 4.57 Å². The van der Waals surface area contributed by atoms with Gasteiger partial charge in [0, 0.05) is 25.4 Å². The third kappa shape index (κ3) is 2.50. The number of hydrogen-bond acceptors (Lipinski definition) is 2. The predicted octanol–water partition coefficient (Wildman–Crippen LogP) is 3.40. The first-order valence-electron chi connectivity index (χ1n) is 6.19. The number of rotatable bonds is 3. The molecule has 1 aromatic carbocycles. The first-order chi connectivity index (χ1) is 9.43. The zero-order valence-electron chi connectivity index (χ0n) is 11.6. The van der Waals surface area contributed by atoms with Crippen molar-refractivity contribution in [2.24, 2.45) is 7.05 Å². The maximum absolute atomic E-state index is 13.7. The highest BCUT2D eigenvalue weighted by Gasteiger charge is 2.11. The second kappa shape index (κ2) is 5.33. The van der Waals surface area contributed by atoms with Crippen molar-refractivity contribution < 1.29 is 8.78 Å². The van der Waals surface area contributed by atoms with E-state index in [2.05, 4.69) is 11.4 Å². The summed E-state index contributed by atoms with van der Waals surface area (Å²) in [5, 5.41) is 11.8. The summed E-state index contributed by atoms with van der Waals surface area (Å²) in [6.07, 6.45) is 0. The van der Waals surface area contributed by atoms with Gasteiger partial charge in [-0.3, -0.25) is 0 Å². The number of nitriles is 1. The highest BCUT2D eigenvalue weighted by Crippen LogP contribution is 2.21. The fourth-order valence-electron chi connectivity index (χ4n) is 2.02. The Labute approximate surface area is 116 Å². The third-order valence-electron chi connectivity index (χ3n) is 3.47. The zero-order valence-corrected chi connectivity index (χ0v) is 11.6. The van der Waals surface area contributed by atoms with Crippen LogP contribution in [0.15, 0.2) is 18.2 Å². The maximum atomic E-state index is 13.7. The summed E-state index contributed by atoms with van der Waals surface area (Å²) in [6.45, 7) is 3.73. The first kappa shape index (κ1) is 14.1. The number of aromatic nitrogens is 1. The second-order valence-corrected chi connectivity index (χ2v) is 4.75. The Balaban J connectivity index is 2.22. The molecule has 0 amide bonds. The minimum absolute atomic E-state index is 0.120. The van der Waals surface area contributed by atoms with Gasteiger partial charge in [-0.05, 0) is 37.1 Å². The largest absolute Gasteiger partial charge is 0.378 e. The van der Waals surface area contributed by atoms with Gasteiger partial charge in [-0.1, -0.05) is 0 Å². The molecule has 1 aromatic heterocycles. The third-order valence-corrected chi connectivity index (χ3v) is 3.47. The SMILES string of the molecule is Cc1cc(F)c(NCc2cc(C#N)n(C)c2C)cc1F. The standard InChI is InChI=1S/C15H15F2N3/c1-9-4-14(17)15(6-13(9)16)19-8-11-5-12(7-18)20(3)10(11)2/h4-6,19H,8H2,1-3H3. The molecule has 3 nitrogen and oxygen atoms in total. The van der Waals surface area contributed by atoms with E-state index in [1.165, 1.54) is 6.92 Å². The Morgan fingerprint density at radius 1 is 1.20 bits per heavy atom. The van der Waals surface area contributed by atoms with Crippen LogP contribution in [0, 0.1) is 36.8 Å². The molecular weight excluding hydrogens is 260 g/mol. The van der Waals surface area contributed by atoms with Crippen LogP contribution < -0.4 is 5.32 Å². The molecule has 0 aliphatic rings. The monoisotopic (exact) mass is 275 g/mol. The summed E-state index contributed by atoms with van der Waals surface area (Å²) >= 11 is 0. The number of aryl methyl sites for hydroxylation is 1. The van der Waals surface area contributed by atoms with Gasteiger partial charge in [-0.15, -0.1) is 0 Å². The van der Waals surface area contributed by atoms with E-state index >= 15 is 0 Å². The molecule has 0 aliphatic carbocycles. The summed E-state index contributed by atoms with van der Waals surface area (Å²) in [7, 11) is 1.80. The molecule has 104 valence electrons. The van der Waals surface area contributed by atoms with Gasteiger partial charge in [0.1, 0.15) is 23.4 Å². The van der Waals surface area contributed by atoms with E-state index in [0.717, 1.165) is 23.4 Å². The average molecular weight is 275 g/mol. The van der Waals surface area contributed by atoms with E-state index in [4.69, 9.17) is 5.26 Å². The predicted molar refractivity (Wildman–Crippen MR) is 73.3 cm³/mol. The van der Waals surface area contributed by atoms with Crippen molar-refractivity contribution in [3.8, 4) is 6.07 Å². The molecule has 0 saturated carbocycles. The van der Waals surface area contributed by atoms with Crippen LogP contribution in [-0.2, 0) is 13.6 Å². The molecule has 1 heterocycles. The van der Waals surface area contributed by atoms with Gasteiger partial charge >= 0.3 is 0 Å². The number of anilines is 1. The van der Waals surface area contributed by atoms with E-state index in [0.29, 0.717) is 12.2 Å². The number of nitrogens with one attached hydrogen (secondary N) is 1. The van der Waals surface area contributed by atoms with E-state index in [1.54, 1.807) is 17.7 Å². The number of benzene rings is 1. The van der Waals surface area contributed by atoms with Crippen molar-refractivity contribution in [3.63, 3.8) is 0 Å². The van der Waals surface area contributed by atoms with Gasteiger partial charge in [0.25, 0.3) is 0 Å². The molecule has 20 heavy (non-hydrogen) atoms. The van der Waals surface area contributed by atoms with Gasteiger partial charge in [-0.2, -0.15) is 5.26 Å². The molecular formula is C15H15F2N3. The molecule has 0 saturated heterocycles. The van der Waals surface area contributed by atoms with Gasteiger partial charge in [0.05, 0.1) is 5.69 Å². The highest BCUT2D eigenvalue weighted by atomic mass is 19.1. The van der Waals surface area contributed by atoms with Crippen LogP contribution in [0.4, 0.5) is 14.5 Å². The van der Waals surface area contributed by atoms with Crippen molar-refractivity contribution in [2.75, 3.05) is 5.32 Å². The molecule has 0 aliphatic heterocycles. The Hall–Kier alpha value is -2.35. The molecule has 1 N–H and O–H groups in total. The Kier molecular flexibility index (Phi) is 3.75. The highest BCUT2D eigenvalue weighted by molar-refractivity contribution is 5.48. The van der Waals surface area contributed by atoms with E-state index in [1.807, 2.05) is 6.92 Å². The van der Waals surface area contributed by atoms with Gasteiger partial charge in [0.15, 0.2) is 0 Å². The van der Waals surface area contributed by atoms with Crippen LogP contribution in [0.2, 0.25) is 0 Å². The van der Waals surface area contributed by atoms with E-state index in [9.17, 15) is 8.78 Å². The van der Waals surface area contributed by atoms with Gasteiger partial charge in [-0.25, -0.2) is 8.78 Å². The lowest BCUT2D eigenvalue weighted by Gasteiger charge is -2.09. The lowest BCUT2D eigenvalue weighted by Crippen LogP contribution is -2.04. The Morgan fingerprint density at radius 3 is 2.50 bits per heavy atom. The average Bonchev–Trinajstić information content (AvgIpc) is 2.69. The van der Waals surface area contributed by atoms with Crippen molar-refractivity contribution in [2.45, 2.75) is 20.4 Å². The smallest absolute Gasteiger partial charge is 0.146 e. The summed E-state index contributed by atoms with van der Waals surface area (Å²) < 4.78 is 28.9. The van der Waals surface area contributed by atoms with Crippen LogP contribution in [0.25, 0.3) is 0 Å². The quantitative estimate of drug-likeness (QED) is 0.932. The Bertz CT molecular complexity index is 696. The molecule has 0 radical (unpaired) electrons. The van der Waals surface area contributed by atoms with Crippen LogP contribution in [0.1, 0.15) is 22.5 Å². The molecule has 0 spiro atoms. The van der Waals surface area contributed by atoms with Crippen LogP contribution in [0.3, 0.4) is 0 Å². The fourth-order valence-corrected chi connectivity index (χ4v) is 2.02.